The first kappa shape index (κ1) is 30.7. The van der Waals surface area contributed by atoms with Gasteiger partial charge in [0.1, 0.15) is 22.9 Å². The monoisotopic (exact) mass is 614 g/mol. The van der Waals surface area contributed by atoms with E-state index >= 15 is 0 Å². The fourth-order valence-electron chi connectivity index (χ4n) is 4.87. The number of pyridine rings is 1. The molecule has 5 rings (SSSR count). The summed E-state index contributed by atoms with van der Waals surface area (Å²) >= 11 is 6.17. The molecule has 0 aliphatic carbocycles. The molecule has 44 heavy (non-hydrogen) atoms. The first-order valence-corrected chi connectivity index (χ1v) is 14.5. The third-order valence-corrected chi connectivity index (χ3v) is 7.30. The van der Waals surface area contributed by atoms with E-state index in [9.17, 15) is 9.59 Å². The molecule has 0 atom stereocenters. The van der Waals surface area contributed by atoms with Crippen LogP contribution in [0.25, 0.3) is 0 Å². The summed E-state index contributed by atoms with van der Waals surface area (Å²) in [4.78, 5) is 37.3. The maximum atomic E-state index is 14.0. The number of carbonyl (C=O) groups is 2. The number of rotatable bonds is 7. The third-order valence-electron chi connectivity index (χ3n) is 7.05. The number of aromatic nitrogens is 1. The summed E-state index contributed by atoms with van der Waals surface area (Å²) in [5.74, 6) is 1.55. The molecule has 0 radical (unpaired) electrons. The molecule has 0 saturated carbocycles. The molecule has 1 aliphatic heterocycles. The van der Waals surface area contributed by atoms with Gasteiger partial charge in [-0.2, -0.15) is 0 Å². The highest BCUT2D eigenvalue weighted by molar-refractivity contribution is 6.30. The van der Waals surface area contributed by atoms with Crippen LogP contribution in [0.1, 0.15) is 37.6 Å². The number of ether oxygens (including phenoxy) is 3. The van der Waals surface area contributed by atoms with Crippen molar-refractivity contribution in [2.24, 2.45) is 0 Å². The highest BCUT2D eigenvalue weighted by Gasteiger charge is 2.35. The Hall–Kier alpha value is -4.76. The second kappa shape index (κ2) is 12.5. The molecule has 9 nitrogen and oxygen atoms in total. The molecule has 0 bridgehead atoms. The molecule has 10 heteroatoms. The van der Waals surface area contributed by atoms with Gasteiger partial charge in [0.25, 0.3) is 0 Å². The van der Waals surface area contributed by atoms with Crippen LogP contribution in [0, 0.1) is 6.92 Å². The molecule has 0 N–H and O–H groups in total. The SMILES string of the molecule is COc1ccc(CN(C(=O)OC(C)(C)C)c2ccc3c(n2)CN(c2ccc(C)cc2)C(=O)N3c2ccc(Cl)cc2)c(OC)c1. The Kier molecular flexibility index (Phi) is 8.69. The second-order valence-corrected chi connectivity index (χ2v) is 11.8. The minimum atomic E-state index is -0.742. The molecule has 1 aromatic heterocycles. The van der Waals surface area contributed by atoms with Crippen molar-refractivity contribution >= 4 is 46.6 Å². The lowest BCUT2D eigenvalue weighted by atomic mass is 10.1. The third kappa shape index (κ3) is 6.58. The smallest absolute Gasteiger partial charge is 0.416 e. The Bertz CT molecular complexity index is 1670. The van der Waals surface area contributed by atoms with Crippen molar-refractivity contribution in [3.63, 3.8) is 0 Å². The van der Waals surface area contributed by atoms with Gasteiger partial charge in [0.2, 0.25) is 0 Å². The quantitative estimate of drug-likeness (QED) is 0.208. The van der Waals surface area contributed by atoms with Gasteiger partial charge in [0, 0.05) is 22.3 Å². The number of carbonyl (C=O) groups excluding carboxylic acids is 2. The first-order valence-electron chi connectivity index (χ1n) is 14.1. The fraction of sp³-hybridized carbons (Fsp3) is 0.265. The summed E-state index contributed by atoms with van der Waals surface area (Å²) in [6, 6.07) is 23.5. The van der Waals surface area contributed by atoms with Gasteiger partial charge >= 0.3 is 12.1 Å². The summed E-state index contributed by atoms with van der Waals surface area (Å²) in [7, 11) is 3.14. The molecular weight excluding hydrogens is 580 g/mol. The van der Waals surface area contributed by atoms with Crippen molar-refractivity contribution in [1.29, 1.82) is 0 Å². The molecule has 2 heterocycles. The molecular formula is C34H35ClN4O5. The summed E-state index contributed by atoms with van der Waals surface area (Å²) in [5, 5.41) is 0.559. The number of amides is 3. The minimum absolute atomic E-state index is 0.120. The minimum Gasteiger partial charge on any atom is -0.497 e. The summed E-state index contributed by atoms with van der Waals surface area (Å²) in [6.45, 7) is 7.75. The molecule has 0 saturated heterocycles. The highest BCUT2D eigenvalue weighted by atomic mass is 35.5. The molecule has 0 fully saturated rings. The molecule has 0 unspecified atom stereocenters. The summed E-state index contributed by atoms with van der Waals surface area (Å²) < 4.78 is 16.8. The zero-order chi connectivity index (χ0) is 31.6. The summed E-state index contributed by atoms with van der Waals surface area (Å²) in [5.41, 5.74) is 3.65. The Morgan fingerprint density at radius 1 is 0.932 bits per heavy atom. The Morgan fingerprint density at radius 3 is 2.25 bits per heavy atom. The van der Waals surface area contributed by atoms with Crippen LogP contribution in [0.2, 0.25) is 5.02 Å². The van der Waals surface area contributed by atoms with Crippen molar-refractivity contribution in [3.05, 3.63) is 101 Å². The van der Waals surface area contributed by atoms with Gasteiger partial charge in [-0.15, -0.1) is 0 Å². The maximum Gasteiger partial charge on any atom is 0.416 e. The van der Waals surface area contributed by atoms with Gasteiger partial charge in [-0.3, -0.25) is 14.7 Å². The van der Waals surface area contributed by atoms with Crippen LogP contribution < -0.4 is 24.2 Å². The van der Waals surface area contributed by atoms with E-state index in [4.69, 9.17) is 30.8 Å². The van der Waals surface area contributed by atoms with Crippen LogP contribution in [0.5, 0.6) is 11.5 Å². The number of benzene rings is 3. The summed E-state index contributed by atoms with van der Waals surface area (Å²) in [6.07, 6.45) is -0.570. The number of urea groups is 1. The molecule has 1 aliphatic rings. The van der Waals surface area contributed by atoms with Gasteiger partial charge in [-0.05, 0) is 88.4 Å². The predicted octanol–water partition coefficient (Wildman–Crippen LogP) is 8.28. The maximum absolute atomic E-state index is 14.0. The van der Waals surface area contributed by atoms with E-state index in [1.807, 2.05) is 58.0 Å². The number of hydrogen-bond donors (Lipinski definition) is 0. The number of methoxy groups -OCH3 is 2. The number of hydrogen-bond acceptors (Lipinski definition) is 6. The Labute approximate surface area is 262 Å². The lowest BCUT2D eigenvalue weighted by molar-refractivity contribution is 0.0576. The van der Waals surface area contributed by atoms with Crippen LogP contribution >= 0.6 is 11.6 Å². The number of fused-ring (bicyclic) bond motifs is 1. The molecule has 3 aromatic carbocycles. The fourth-order valence-corrected chi connectivity index (χ4v) is 4.99. The van der Waals surface area contributed by atoms with E-state index in [0.29, 0.717) is 39.4 Å². The van der Waals surface area contributed by atoms with Crippen LogP contribution in [-0.2, 0) is 17.8 Å². The average molecular weight is 615 g/mol. The number of aryl methyl sites for hydroxylation is 1. The molecule has 228 valence electrons. The van der Waals surface area contributed by atoms with E-state index in [1.165, 1.54) is 4.90 Å². The van der Waals surface area contributed by atoms with Crippen molar-refractivity contribution in [2.75, 3.05) is 28.9 Å². The second-order valence-electron chi connectivity index (χ2n) is 11.4. The van der Waals surface area contributed by atoms with Crippen molar-refractivity contribution in [2.45, 2.75) is 46.4 Å². The number of anilines is 4. The van der Waals surface area contributed by atoms with Crippen LogP contribution in [0.3, 0.4) is 0 Å². The van der Waals surface area contributed by atoms with Crippen LogP contribution in [0.15, 0.2) is 78.9 Å². The van der Waals surface area contributed by atoms with Crippen molar-refractivity contribution in [1.82, 2.24) is 4.98 Å². The normalized spacial score (nSPS) is 12.9. The molecule has 0 spiro atoms. The van der Waals surface area contributed by atoms with Crippen molar-refractivity contribution in [3.8, 4) is 11.5 Å². The van der Waals surface area contributed by atoms with Gasteiger partial charge in [0.15, 0.2) is 0 Å². The van der Waals surface area contributed by atoms with E-state index in [0.717, 1.165) is 16.8 Å². The van der Waals surface area contributed by atoms with Gasteiger partial charge in [-0.25, -0.2) is 14.6 Å². The van der Waals surface area contributed by atoms with Gasteiger partial charge in [0.05, 0.1) is 44.4 Å². The van der Waals surface area contributed by atoms with E-state index in [2.05, 4.69) is 0 Å². The van der Waals surface area contributed by atoms with E-state index < -0.39 is 11.7 Å². The van der Waals surface area contributed by atoms with E-state index in [1.54, 1.807) is 72.6 Å². The Balaban J connectivity index is 1.61. The standard InChI is InChI=1S/C34H35ClN4O5/c1-22-7-12-25(13-8-22)37-21-28-29(39(32(37)40)26-14-10-24(35)11-15-26)17-18-31(36-28)38(33(41)44-34(2,3)4)20-23-9-16-27(42-5)19-30(23)43-6/h7-19H,20-21H2,1-6H3. The first-order chi connectivity index (χ1) is 21.0. The zero-order valence-electron chi connectivity index (χ0n) is 25.6. The molecule has 4 aromatic rings. The zero-order valence-corrected chi connectivity index (χ0v) is 26.4. The van der Waals surface area contributed by atoms with Gasteiger partial charge < -0.3 is 14.2 Å². The van der Waals surface area contributed by atoms with Crippen molar-refractivity contribution < 1.29 is 23.8 Å². The lowest BCUT2D eigenvalue weighted by Crippen LogP contribution is -2.45. The molecule has 3 amide bonds. The largest absolute Gasteiger partial charge is 0.497 e. The van der Waals surface area contributed by atoms with Crippen LogP contribution in [-0.4, -0.2) is 36.9 Å². The Morgan fingerprint density at radius 2 is 1.61 bits per heavy atom. The lowest BCUT2D eigenvalue weighted by Gasteiger charge is -2.37. The number of nitrogens with zero attached hydrogens (tertiary/aromatic N) is 4. The average Bonchev–Trinajstić information content (AvgIpc) is 2.99. The van der Waals surface area contributed by atoms with Crippen LogP contribution in [0.4, 0.5) is 32.5 Å². The predicted molar refractivity (Wildman–Crippen MR) is 173 cm³/mol. The topological polar surface area (TPSA) is 84.4 Å². The van der Waals surface area contributed by atoms with E-state index in [-0.39, 0.29) is 19.1 Å². The van der Waals surface area contributed by atoms with Gasteiger partial charge in [-0.1, -0.05) is 29.3 Å². The highest BCUT2D eigenvalue weighted by Crippen LogP contribution is 2.38. The number of halogens is 1.